The van der Waals surface area contributed by atoms with Crippen molar-refractivity contribution in [3.05, 3.63) is 58.9 Å². The lowest BCUT2D eigenvalue weighted by atomic mass is 10.1. The zero-order valence-electron chi connectivity index (χ0n) is 9.76. The van der Waals surface area contributed by atoms with Crippen LogP contribution in [-0.4, -0.2) is 10.9 Å². The van der Waals surface area contributed by atoms with Gasteiger partial charge in [-0.15, -0.1) is 0 Å². The van der Waals surface area contributed by atoms with E-state index in [9.17, 15) is 4.79 Å². The second-order valence-electron chi connectivity index (χ2n) is 3.93. The van der Waals surface area contributed by atoms with Gasteiger partial charge >= 0.3 is 0 Å². The van der Waals surface area contributed by atoms with Crippen LogP contribution in [0.15, 0.2) is 57.7 Å². The van der Waals surface area contributed by atoms with Gasteiger partial charge in [0.1, 0.15) is 17.7 Å². The number of aromatic nitrogens is 1. The minimum Gasteiger partial charge on any atom is -0.463 e. The van der Waals surface area contributed by atoms with Gasteiger partial charge in [0.2, 0.25) is 0 Å². The standard InChI is InChI=1S/C14H9BrN2O2/c15-11-5-3-7-16-13(11)17-14(18)10-8-19-12-6-2-1-4-9(10)12/h1-8H,(H,16,17,18). The van der Waals surface area contributed by atoms with Crippen LogP contribution in [0.4, 0.5) is 5.82 Å². The molecule has 2 heterocycles. The first-order valence-corrected chi connectivity index (χ1v) is 6.43. The number of halogens is 1. The molecule has 0 radical (unpaired) electrons. The number of fused-ring (bicyclic) bond motifs is 1. The summed E-state index contributed by atoms with van der Waals surface area (Å²) in [5.74, 6) is 0.238. The molecule has 1 N–H and O–H groups in total. The Kier molecular flexibility index (Phi) is 3.05. The van der Waals surface area contributed by atoms with Crippen LogP contribution >= 0.6 is 15.9 Å². The summed E-state index contributed by atoms with van der Waals surface area (Å²) >= 11 is 3.34. The Balaban J connectivity index is 1.95. The molecule has 0 spiro atoms. The number of carbonyl (C=O) groups excluding carboxylic acids is 1. The molecule has 19 heavy (non-hydrogen) atoms. The van der Waals surface area contributed by atoms with Gasteiger partial charge in [0.15, 0.2) is 0 Å². The number of carbonyl (C=O) groups is 1. The summed E-state index contributed by atoms with van der Waals surface area (Å²) in [7, 11) is 0. The highest BCUT2D eigenvalue weighted by molar-refractivity contribution is 9.10. The van der Waals surface area contributed by atoms with Crippen LogP contribution in [0, 0.1) is 0 Å². The van der Waals surface area contributed by atoms with Crippen LogP contribution in [0.3, 0.4) is 0 Å². The van der Waals surface area contributed by atoms with Crippen LogP contribution in [0.5, 0.6) is 0 Å². The van der Waals surface area contributed by atoms with Gasteiger partial charge in [-0.2, -0.15) is 0 Å². The van der Waals surface area contributed by atoms with Crippen molar-refractivity contribution in [1.29, 1.82) is 0 Å². The fraction of sp³-hybridized carbons (Fsp3) is 0. The molecule has 0 aliphatic heterocycles. The molecule has 0 unspecified atom stereocenters. The summed E-state index contributed by atoms with van der Waals surface area (Å²) in [6.07, 6.45) is 3.07. The van der Waals surface area contributed by atoms with E-state index in [1.54, 1.807) is 12.3 Å². The van der Waals surface area contributed by atoms with E-state index in [4.69, 9.17) is 4.42 Å². The predicted octanol–water partition coefficient (Wildman–Crippen LogP) is 3.84. The average Bonchev–Trinajstić information content (AvgIpc) is 2.85. The zero-order chi connectivity index (χ0) is 13.2. The third kappa shape index (κ3) is 2.24. The molecule has 5 heteroatoms. The van der Waals surface area contributed by atoms with E-state index in [1.807, 2.05) is 30.3 Å². The number of rotatable bonds is 2. The molecule has 0 saturated carbocycles. The fourth-order valence-corrected chi connectivity index (χ4v) is 2.16. The third-order valence-electron chi connectivity index (χ3n) is 2.72. The van der Waals surface area contributed by atoms with Crippen molar-refractivity contribution in [2.24, 2.45) is 0 Å². The molecule has 0 saturated heterocycles. The molecule has 0 atom stereocenters. The molecule has 3 aromatic rings. The number of nitrogens with zero attached hydrogens (tertiary/aromatic N) is 1. The number of hydrogen-bond acceptors (Lipinski definition) is 3. The normalized spacial score (nSPS) is 10.6. The Labute approximate surface area is 117 Å². The van der Waals surface area contributed by atoms with Crippen LogP contribution < -0.4 is 5.32 Å². The topological polar surface area (TPSA) is 55.1 Å². The molecule has 0 fully saturated rings. The Morgan fingerprint density at radius 1 is 1.21 bits per heavy atom. The van der Waals surface area contributed by atoms with Crippen molar-refractivity contribution >= 4 is 38.6 Å². The lowest BCUT2D eigenvalue weighted by Gasteiger charge is -2.04. The monoisotopic (exact) mass is 316 g/mol. The SMILES string of the molecule is O=C(Nc1ncccc1Br)c1coc2ccccc12. The van der Waals surface area contributed by atoms with Crippen molar-refractivity contribution < 1.29 is 9.21 Å². The third-order valence-corrected chi connectivity index (χ3v) is 3.36. The van der Waals surface area contributed by atoms with Gasteiger partial charge in [0.25, 0.3) is 5.91 Å². The molecule has 1 amide bonds. The second-order valence-corrected chi connectivity index (χ2v) is 4.79. The Morgan fingerprint density at radius 2 is 2.05 bits per heavy atom. The summed E-state index contributed by atoms with van der Waals surface area (Å²) < 4.78 is 6.08. The maximum Gasteiger partial charge on any atom is 0.260 e. The average molecular weight is 317 g/mol. The van der Waals surface area contributed by atoms with Crippen LogP contribution in [-0.2, 0) is 0 Å². The van der Waals surface area contributed by atoms with Gasteiger partial charge < -0.3 is 9.73 Å². The van der Waals surface area contributed by atoms with E-state index in [-0.39, 0.29) is 5.91 Å². The highest BCUT2D eigenvalue weighted by atomic mass is 79.9. The largest absolute Gasteiger partial charge is 0.463 e. The van der Waals surface area contributed by atoms with Gasteiger partial charge in [-0.05, 0) is 34.1 Å². The summed E-state index contributed by atoms with van der Waals surface area (Å²) in [6.45, 7) is 0. The molecular formula is C14H9BrN2O2. The fourth-order valence-electron chi connectivity index (χ4n) is 1.81. The maximum atomic E-state index is 12.2. The number of hydrogen-bond donors (Lipinski definition) is 1. The first kappa shape index (κ1) is 11.9. The lowest BCUT2D eigenvalue weighted by molar-refractivity contribution is 0.102. The molecule has 0 aliphatic rings. The highest BCUT2D eigenvalue weighted by Crippen LogP contribution is 2.23. The number of para-hydroxylation sites is 1. The van der Waals surface area contributed by atoms with Gasteiger partial charge in [-0.25, -0.2) is 4.98 Å². The smallest absolute Gasteiger partial charge is 0.260 e. The first-order valence-electron chi connectivity index (χ1n) is 5.64. The summed E-state index contributed by atoms with van der Waals surface area (Å²) in [5.41, 5.74) is 1.18. The molecule has 4 nitrogen and oxygen atoms in total. The van der Waals surface area contributed by atoms with E-state index < -0.39 is 0 Å². The Hall–Kier alpha value is -2.14. The van der Waals surface area contributed by atoms with E-state index in [0.29, 0.717) is 17.0 Å². The van der Waals surface area contributed by atoms with Gasteiger partial charge in [0, 0.05) is 11.6 Å². The van der Waals surface area contributed by atoms with Crippen molar-refractivity contribution in [2.45, 2.75) is 0 Å². The van der Waals surface area contributed by atoms with E-state index >= 15 is 0 Å². The Bertz CT molecular complexity index is 752. The number of furan rings is 1. The molecule has 1 aromatic carbocycles. The molecule has 94 valence electrons. The van der Waals surface area contributed by atoms with Crippen molar-refractivity contribution in [1.82, 2.24) is 4.98 Å². The highest BCUT2D eigenvalue weighted by Gasteiger charge is 2.14. The quantitative estimate of drug-likeness (QED) is 0.781. The summed E-state index contributed by atoms with van der Waals surface area (Å²) in [5, 5.41) is 3.53. The number of nitrogens with one attached hydrogen (secondary N) is 1. The molecule has 0 aliphatic carbocycles. The van der Waals surface area contributed by atoms with Crippen molar-refractivity contribution in [3.63, 3.8) is 0 Å². The van der Waals surface area contributed by atoms with E-state index in [0.717, 1.165) is 9.86 Å². The van der Waals surface area contributed by atoms with Crippen LogP contribution in [0.2, 0.25) is 0 Å². The number of amides is 1. The molecular weight excluding hydrogens is 308 g/mol. The number of pyridine rings is 1. The van der Waals surface area contributed by atoms with Crippen molar-refractivity contribution in [2.75, 3.05) is 5.32 Å². The maximum absolute atomic E-state index is 12.2. The van der Waals surface area contributed by atoms with Gasteiger partial charge in [-0.1, -0.05) is 18.2 Å². The van der Waals surface area contributed by atoms with Gasteiger partial charge in [-0.3, -0.25) is 4.79 Å². The number of anilines is 1. The lowest BCUT2D eigenvalue weighted by Crippen LogP contribution is -2.12. The molecule has 3 rings (SSSR count). The summed E-state index contributed by atoms with van der Waals surface area (Å²) in [4.78, 5) is 16.3. The Morgan fingerprint density at radius 3 is 2.89 bits per heavy atom. The zero-order valence-corrected chi connectivity index (χ0v) is 11.3. The summed E-state index contributed by atoms with van der Waals surface area (Å²) in [6, 6.07) is 11.0. The molecule has 2 aromatic heterocycles. The van der Waals surface area contributed by atoms with E-state index in [2.05, 4.69) is 26.2 Å². The second kappa shape index (κ2) is 4.85. The van der Waals surface area contributed by atoms with Gasteiger partial charge in [0.05, 0.1) is 10.0 Å². The minimum atomic E-state index is -0.246. The predicted molar refractivity (Wildman–Crippen MR) is 76.1 cm³/mol. The first-order chi connectivity index (χ1) is 9.25. The number of benzene rings is 1. The minimum absolute atomic E-state index is 0.246. The van der Waals surface area contributed by atoms with Crippen LogP contribution in [0.1, 0.15) is 10.4 Å². The van der Waals surface area contributed by atoms with Crippen LogP contribution in [0.25, 0.3) is 11.0 Å². The van der Waals surface area contributed by atoms with E-state index in [1.165, 1.54) is 6.26 Å². The molecule has 0 bridgehead atoms. The van der Waals surface area contributed by atoms with Crippen molar-refractivity contribution in [3.8, 4) is 0 Å².